The molecule has 1 amide bonds. The van der Waals surface area contributed by atoms with Crippen LogP contribution in [0.2, 0.25) is 0 Å². The summed E-state index contributed by atoms with van der Waals surface area (Å²) in [5, 5.41) is 2.64. The van der Waals surface area contributed by atoms with E-state index in [0.29, 0.717) is 0 Å². The fraction of sp³-hybridized carbons (Fsp3) is 0.833. The van der Waals surface area contributed by atoms with Crippen LogP contribution in [0, 0.1) is 0 Å². The lowest BCUT2D eigenvalue weighted by Crippen LogP contribution is -2.40. The molecule has 1 unspecified atom stereocenters. The first-order chi connectivity index (χ1) is 5.37. The molecule has 0 spiro atoms. The predicted octanol–water partition coefficient (Wildman–Crippen LogP) is -1.51. The van der Waals surface area contributed by atoms with Gasteiger partial charge in [0.15, 0.2) is 0 Å². The summed E-state index contributed by atoms with van der Waals surface area (Å²) < 4.78 is 21.4. The molecular weight excluding hydrogens is 180 g/mol. The number of amides is 1. The number of likely N-dealkylation sites (N-methyl/N-ethyl adjacent to an activating group) is 1. The minimum Gasteiger partial charge on any atom is -0.368 e. The Balaban J connectivity index is 3.98. The van der Waals surface area contributed by atoms with Crippen molar-refractivity contribution >= 4 is 15.7 Å². The van der Waals surface area contributed by atoms with Gasteiger partial charge in [0, 0.05) is 6.26 Å². The molecule has 5 nitrogen and oxygen atoms in total. The smallest absolute Gasteiger partial charge is 0.234 e. The van der Waals surface area contributed by atoms with Gasteiger partial charge < -0.3 is 11.1 Å². The molecule has 6 heteroatoms. The second-order valence-corrected chi connectivity index (χ2v) is 4.92. The van der Waals surface area contributed by atoms with Crippen LogP contribution < -0.4 is 11.1 Å². The number of nitrogens with one attached hydrogen (secondary N) is 1. The molecule has 0 bridgehead atoms. The van der Waals surface area contributed by atoms with Crippen LogP contribution in [0.4, 0.5) is 0 Å². The van der Waals surface area contributed by atoms with E-state index in [-0.39, 0.29) is 12.2 Å². The summed E-state index contributed by atoms with van der Waals surface area (Å²) in [5.41, 5.74) is 4.98. The van der Waals surface area contributed by atoms with Crippen molar-refractivity contribution in [3.8, 4) is 0 Å². The zero-order valence-corrected chi connectivity index (χ0v) is 8.02. The van der Waals surface area contributed by atoms with Crippen LogP contribution in [0.3, 0.4) is 0 Å². The van der Waals surface area contributed by atoms with Crippen molar-refractivity contribution in [3.63, 3.8) is 0 Å². The molecule has 0 aromatic rings. The lowest BCUT2D eigenvalue weighted by Gasteiger charge is -2.10. The standard InChI is InChI=1S/C6H14N2O3S/c1-8-5(6(7)9)3-4-12(2,10)11/h5,8H,3-4H2,1-2H3,(H2,7,9). The van der Waals surface area contributed by atoms with Crippen LogP contribution in [-0.4, -0.2) is 39.4 Å². The Hall–Kier alpha value is -0.620. The third-order valence-corrected chi connectivity index (χ3v) is 2.45. The number of nitrogens with two attached hydrogens (primary N) is 1. The molecule has 3 N–H and O–H groups in total. The van der Waals surface area contributed by atoms with Gasteiger partial charge in [-0.15, -0.1) is 0 Å². The van der Waals surface area contributed by atoms with Crippen LogP contribution in [-0.2, 0) is 14.6 Å². The molecule has 0 radical (unpaired) electrons. The molecule has 0 heterocycles. The van der Waals surface area contributed by atoms with E-state index in [4.69, 9.17) is 5.73 Å². The molecule has 0 aliphatic carbocycles. The van der Waals surface area contributed by atoms with E-state index >= 15 is 0 Å². The highest BCUT2D eigenvalue weighted by atomic mass is 32.2. The minimum absolute atomic E-state index is 0.0263. The molecule has 0 rings (SSSR count). The van der Waals surface area contributed by atoms with E-state index in [1.54, 1.807) is 7.05 Å². The SMILES string of the molecule is CNC(CCS(C)(=O)=O)C(N)=O. The fourth-order valence-corrected chi connectivity index (χ4v) is 1.42. The number of hydrogen-bond donors (Lipinski definition) is 2. The predicted molar refractivity (Wildman–Crippen MR) is 46.4 cm³/mol. The van der Waals surface area contributed by atoms with E-state index in [9.17, 15) is 13.2 Å². The van der Waals surface area contributed by atoms with Gasteiger partial charge in [0.1, 0.15) is 9.84 Å². The second kappa shape index (κ2) is 4.42. The Labute approximate surface area is 72.2 Å². The van der Waals surface area contributed by atoms with Crippen molar-refractivity contribution < 1.29 is 13.2 Å². The quantitative estimate of drug-likeness (QED) is 0.557. The summed E-state index contributed by atoms with van der Waals surface area (Å²) in [6, 6.07) is -0.556. The number of rotatable bonds is 5. The first kappa shape index (κ1) is 11.4. The fourth-order valence-electron chi connectivity index (χ4n) is 0.761. The van der Waals surface area contributed by atoms with Crippen LogP contribution in [0.1, 0.15) is 6.42 Å². The molecule has 72 valence electrons. The van der Waals surface area contributed by atoms with Gasteiger partial charge in [0.05, 0.1) is 11.8 Å². The van der Waals surface area contributed by atoms with Crippen molar-refractivity contribution in [1.29, 1.82) is 0 Å². The van der Waals surface area contributed by atoms with Crippen LogP contribution in [0.5, 0.6) is 0 Å². The van der Waals surface area contributed by atoms with E-state index in [1.807, 2.05) is 0 Å². The maximum Gasteiger partial charge on any atom is 0.234 e. The van der Waals surface area contributed by atoms with Gasteiger partial charge in [-0.1, -0.05) is 0 Å². The summed E-state index contributed by atoms with van der Waals surface area (Å²) in [6.45, 7) is 0. The van der Waals surface area contributed by atoms with Gasteiger partial charge in [-0.3, -0.25) is 4.79 Å². The lowest BCUT2D eigenvalue weighted by molar-refractivity contribution is -0.119. The van der Waals surface area contributed by atoms with Crippen molar-refractivity contribution in [2.75, 3.05) is 19.1 Å². The molecule has 0 saturated heterocycles. The second-order valence-electron chi connectivity index (χ2n) is 2.66. The Morgan fingerprint density at radius 3 is 2.33 bits per heavy atom. The van der Waals surface area contributed by atoms with Gasteiger partial charge in [-0.2, -0.15) is 0 Å². The first-order valence-corrected chi connectivity index (χ1v) is 5.57. The van der Waals surface area contributed by atoms with Gasteiger partial charge in [-0.25, -0.2) is 8.42 Å². The maximum atomic E-state index is 10.7. The zero-order valence-electron chi connectivity index (χ0n) is 7.20. The molecule has 0 saturated carbocycles. The Morgan fingerprint density at radius 1 is 1.58 bits per heavy atom. The zero-order chi connectivity index (χ0) is 9.78. The number of carbonyl (C=O) groups is 1. The molecule has 12 heavy (non-hydrogen) atoms. The topological polar surface area (TPSA) is 89.3 Å². The Bertz CT molecular complexity index is 248. The van der Waals surface area contributed by atoms with Gasteiger partial charge >= 0.3 is 0 Å². The van der Waals surface area contributed by atoms with Crippen LogP contribution in [0.25, 0.3) is 0 Å². The van der Waals surface area contributed by atoms with Crippen LogP contribution in [0.15, 0.2) is 0 Å². The normalized spacial score (nSPS) is 14.2. The van der Waals surface area contributed by atoms with E-state index in [2.05, 4.69) is 5.32 Å². The summed E-state index contributed by atoms with van der Waals surface area (Å²) >= 11 is 0. The number of carbonyl (C=O) groups excluding carboxylic acids is 1. The highest BCUT2D eigenvalue weighted by Gasteiger charge is 2.14. The maximum absolute atomic E-state index is 10.7. The van der Waals surface area contributed by atoms with Gasteiger partial charge in [0.2, 0.25) is 5.91 Å². The summed E-state index contributed by atoms with van der Waals surface area (Å²) in [6.07, 6.45) is 1.35. The molecule has 0 aliphatic heterocycles. The monoisotopic (exact) mass is 194 g/mol. The van der Waals surface area contributed by atoms with E-state index in [1.165, 1.54) is 0 Å². The summed E-state index contributed by atoms with van der Waals surface area (Å²) in [7, 11) is -1.44. The highest BCUT2D eigenvalue weighted by molar-refractivity contribution is 7.90. The molecule has 0 aromatic heterocycles. The van der Waals surface area contributed by atoms with E-state index < -0.39 is 21.8 Å². The highest BCUT2D eigenvalue weighted by Crippen LogP contribution is 1.94. The average molecular weight is 194 g/mol. The molecule has 0 fully saturated rings. The van der Waals surface area contributed by atoms with Crippen molar-refractivity contribution in [2.24, 2.45) is 5.73 Å². The van der Waals surface area contributed by atoms with Crippen LogP contribution >= 0.6 is 0 Å². The molecular formula is C6H14N2O3S. The summed E-state index contributed by atoms with van der Waals surface area (Å²) in [5.74, 6) is -0.553. The number of hydrogen-bond acceptors (Lipinski definition) is 4. The minimum atomic E-state index is -3.01. The van der Waals surface area contributed by atoms with E-state index in [0.717, 1.165) is 6.26 Å². The van der Waals surface area contributed by atoms with Crippen molar-refractivity contribution in [1.82, 2.24) is 5.32 Å². The largest absolute Gasteiger partial charge is 0.368 e. The van der Waals surface area contributed by atoms with Gasteiger partial charge in [0.25, 0.3) is 0 Å². The lowest BCUT2D eigenvalue weighted by atomic mass is 10.2. The molecule has 0 aliphatic rings. The summed E-state index contributed by atoms with van der Waals surface area (Å²) in [4.78, 5) is 10.6. The molecule has 1 atom stereocenters. The molecule has 0 aromatic carbocycles. The van der Waals surface area contributed by atoms with Crippen molar-refractivity contribution in [2.45, 2.75) is 12.5 Å². The Morgan fingerprint density at radius 2 is 2.08 bits per heavy atom. The third kappa shape index (κ3) is 5.09. The first-order valence-electron chi connectivity index (χ1n) is 3.51. The number of primary amides is 1. The number of sulfone groups is 1. The third-order valence-electron chi connectivity index (χ3n) is 1.47. The van der Waals surface area contributed by atoms with Crippen molar-refractivity contribution in [3.05, 3.63) is 0 Å². The van der Waals surface area contributed by atoms with Gasteiger partial charge in [-0.05, 0) is 13.5 Å². The Kier molecular flexibility index (Phi) is 4.19. The average Bonchev–Trinajstić information content (AvgIpc) is 1.85.